The molecule has 2 nitrogen and oxygen atoms in total. The van der Waals surface area contributed by atoms with Crippen molar-refractivity contribution in [3.05, 3.63) is 46.5 Å². The Labute approximate surface area is 125 Å². The van der Waals surface area contributed by atoms with Crippen LogP contribution in [0.25, 0.3) is 0 Å². The minimum atomic E-state index is 0.647. The normalized spacial score (nSPS) is 10.9. The first-order valence-corrected chi connectivity index (χ1v) is 7.59. The van der Waals surface area contributed by atoms with Crippen LogP contribution in [0.2, 0.25) is 0 Å². The zero-order valence-electron chi connectivity index (χ0n) is 11.9. The Kier molecular flexibility index (Phi) is 8.03. The maximum atomic E-state index is 5.58. The number of hydrogen-bond acceptors (Lipinski definition) is 2. The van der Waals surface area contributed by atoms with Gasteiger partial charge in [0.15, 0.2) is 0 Å². The van der Waals surface area contributed by atoms with Gasteiger partial charge in [-0.2, -0.15) is 0 Å². The van der Waals surface area contributed by atoms with E-state index in [0.29, 0.717) is 12.5 Å². The van der Waals surface area contributed by atoms with Gasteiger partial charge in [-0.1, -0.05) is 48.0 Å². The van der Waals surface area contributed by atoms with Crippen LogP contribution in [0.4, 0.5) is 0 Å². The van der Waals surface area contributed by atoms with Gasteiger partial charge in [0.05, 0.1) is 13.2 Å². The minimum Gasteiger partial charge on any atom is -0.376 e. The number of benzene rings is 1. The Morgan fingerprint density at radius 3 is 2.84 bits per heavy atom. The molecule has 1 N–H and O–H groups in total. The van der Waals surface area contributed by atoms with Crippen LogP contribution >= 0.6 is 15.9 Å². The fourth-order valence-electron chi connectivity index (χ4n) is 1.67. The minimum absolute atomic E-state index is 0.647. The van der Waals surface area contributed by atoms with Gasteiger partial charge in [0.1, 0.15) is 0 Å². The summed E-state index contributed by atoms with van der Waals surface area (Å²) in [6.07, 6.45) is 2.77. The summed E-state index contributed by atoms with van der Waals surface area (Å²) in [4.78, 5) is 0. The highest BCUT2D eigenvalue weighted by Crippen LogP contribution is 2.19. The summed E-state index contributed by atoms with van der Waals surface area (Å²) in [5, 5.41) is 3.44. The fourth-order valence-corrected chi connectivity index (χ4v) is 2.21. The lowest BCUT2D eigenvalue weighted by Gasteiger charge is -2.10. The molecule has 0 heterocycles. The van der Waals surface area contributed by atoms with Gasteiger partial charge in [-0.15, -0.1) is 6.58 Å². The van der Waals surface area contributed by atoms with Crippen molar-refractivity contribution in [3.8, 4) is 0 Å². The summed E-state index contributed by atoms with van der Waals surface area (Å²) in [6, 6.07) is 6.45. The van der Waals surface area contributed by atoms with E-state index in [0.717, 1.165) is 30.6 Å². The Morgan fingerprint density at radius 2 is 2.21 bits per heavy atom. The number of rotatable bonds is 9. The van der Waals surface area contributed by atoms with E-state index in [9.17, 15) is 0 Å². The van der Waals surface area contributed by atoms with Crippen LogP contribution in [0.3, 0.4) is 0 Å². The van der Waals surface area contributed by atoms with E-state index in [4.69, 9.17) is 4.74 Å². The Hall–Kier alpha value is -0.640. The van der Waals surface area contributed by atoms with Gasteiger partial charge in [0, 0.05) is 11.0 Å². The van der Waals surface area contributed by atoms with Crippen molar-refractivity contribution in [2.45, 2.75) is 33.4 Å². The van der Waals surface area contributed by atoms with Crippen LogP contribution in [0.5, 0.6) is 0 Å². The van der Waals surface area contributed by atoms with Gasteiger partial charge in [0.25, 0.3) is 0 Å². The van der Waals surface area contributed by atoms with Crippen molar-refractivity contribution < 1.29 is 4.74 Å². The largest absolute Gasteiger partial charge is 0.376 e. The van der Waals surface area contributed by atoms with E-state index in [1.54, 1.807) is 0 Å². The molecule has 3 heteroatoms. The maximum Gasteiger partial charge on any atom is 0.0727 e. The lowest BCUT2D eigenvalue weighted by Crippen LogP contribution is -2.18. The third kappa shape index (κ3) is 6.90. The summed E-state index contributed by atoms with van der Waals surface area (Å²) >= 11 is 3.61. The van der Waals surface area contributed by atoms with Crippen LogP contribution < -0.4 is 5.32 Å². The molecule has 0 saturated carbocycles. The quantitative estimate of drug-likeness (QED) is 0.540. The molecule has 0 saturated heterocycles. The lowest BCUT2D eigenvalue weighted by molar-refractivity contribution is 0.125. The topological polar surface area (TPSA) is 21.3 Å². The second kappa shape index (κ2) is 9.29. The van der Waals surface area contributed by atoms with Gasteiger partial charge in [-0.3, -0.25) is 0 Å². The SMILES string of the molecule is C=CCCOCc1ccc(CNCC(C)C)cc1Br. The van der Waals surface area contributed by atoms with Crippen molar-refractivity contribution >= 4 is 15.9 Å². The van der Waals surface area contributed by atoms with Crippen molar-refractivity contribution in [2.24, 2.45) is 5.92 Å². The lowest BCUT2D eigenvalue weighted by atomic mass is 10.1. The molecule has 1 aromatic carbocycles. The van der Waals surface area contributed by atoms with Crippen LogP contribution in [-0.4, -0.2) is 13.2 Å². The zero-order valence-corrected chi connectivity index (χ0v) is 13.5. The first-order chi connectivity index (χ1) is 9.13. The Morgan fingerprint density at radius 1 is 1.42 bits per heavy atom. The van der Waals surface area contributed by atoms with E-state index < -0.39 is 0 Å². The van der Waals surface area contributed by atoms with Gasteiger partial charge in [0.2, 0.25) is 0 Å². The second-order valence-corrected chi connectivity index (χ2v) is 5.93. The van der Waals surface area contributed by atoms with Gasteiger partial charge >= 0.3 is 0 Å². The molecule has 0 aromatic heterocycles. The monoisotopic (exact) mass is 325 g/mol. The molecule has 106 valence electrons. The molecular formula is C16H24BrNO. The van der Waals surface area contributed by atoms with E-state index >= 15 is 0 Å². The summed E-state index contributed by atoms with van der Waals surface area (Å²) in [6.45, 7) is 11.4. The molecule has 1 rings (SSSR count). The summed E-state index contributed by atoms with van der Waals surface area (Å²) in [7, 11) is 0. The summed E-state index contributed by atoms with van der Waals surface area (Å²) < 4.78 is 6.70. The Balaban J connectivity index is 2.42. The molecule has 0 radical (unpaired) electrons. The molecule has 0 amide bonds. The molecule has 0 bridgehead atoms. The van der Waals surface area contributed by atoms with Crippen molar-refractivity contribution in [1.82, 2.24) is 5.32 Å². The van der Waals surface area contributed by atoms with Crippen molar-refractivity contribution in [1.29, 1.82) is 0 Å². The predicted molar refractivity (Wildman–Crippen MR) is 85.2 cm³/mol. The van der Waals surface area contributed by atoms with E-state index in [2.05, 4.69) is 59.9 Å². The third-order valence-corrected chi connectivity index (χ3v) is 3.46. The van der Waals surface area contributed by atoms with Crippen molar-refractivity contribution in [2.75, 3.05) is 13.2 Å². The van der Waals surface area contributed by atoms with Crippen LogP contribution in [0.1, 0.15) is 31.4 Å². The number of ether oxygens (including phenoxy) is 1. The highest BCUT2D eigenvalue weighted by Gasteiger charge is 2.02. The third-order valence-electron chi connectivity index (χ3n) is 2.72. The summed E-state index contributed by atoms with van der Waals surface area (Å²) in [5.41, 5.74) is 2.49. The molecule has 0 fully saturated rings. The highest BCUT2D eigenvalue weighted by molar-refractivity contribution is 9.10. The molecule has 0 spiro atoms. The molecule has 0 aliphatic heterocycles. The smallest absolute Gasteiger partial charge is 0.0727 e. The van der Waals surface area contributed by atoms with Crippen molar-refractivity contribution in [3.63, 3.8) is 0 Å². The van der Waals surface area contributed by atoms with E-state index in [1.807, 2.05) is 6.08 Å². The number of nitrogens with one attached hydrogen (secondary N) is 1. The second-order valence-electron chi connectivity index (χ2n) is 5.08. The summed E-state index contributed by atoms with van der Waals surface area (Å²) in [5.74, 6) is 0.681. The zero-order chi connectivity index (χ0) is 14.1. The standard InChI is InChI=1S/C16H24BrNO/c1-4-5-8-19-12-15-7-6-14(9-16(15)17)11-18-10-13(2)3/h4,6-7,9,13,18H,1,5,8,10-12H2,2-3H3. The van der Waals surface area contributed by atoms with Gasteiger partial charge < -0.3 is 10.1 Å². The Bertz CT molecular complexity index is 390. The molecule has 0 atom stereocenters. The molecule has 0 unspecified atom stereocenters. The van der Waals surface area contributed by atoms with Gasteiger partial charge in [-0.25, -0.2) is 0 Å². The number of hydrogen-bond donors (Lipinski definition) is 1. The van der Waals surface area contributed by atoms with E-state index in [-0.39, 0.29) is 0 Å². The van der Waals surface area contributed by atoms with Gasteiger partial charge in [-0.05, 0) is 36.1 Å². The van der Waals surface area contributed by atoms with E-state index in [1.165, 1.54) is 11.1 Å². The molecule has 0 aliphatic rings. The molecule has 19 heavy (non-hydrogen) atoms. The van der Waals surface area contributed by atoms with Crippen LogP contribution in [0.15, 0.2) is 35.3 Å². The average Bonchev–Trinajstić information content (AvgIpc) is 2.36. The molecular weight excluding hydrogens is 302 g/mol. The maximum absolute atomic E-state index is 5.58. The van der Waals surface area contributed by atoms with Crippen LogP contribution in [0, 0.1) is 5.92 Å². The average molecular weight is 326 g/mol. The fraction of sp³-hybridized carbons (Fsp3) is 0.500. The first-order valence-electron chi connectivity index (χ1n) is 6.80. The van der Waals surface area contributed by atoms with Crippen LogP contribution in [-0.2, 0) is 17.9 Å². The molecule has 0 aliphatic carbocycles. The first kappa shape index (κ1) is 16.4. The number of halogens is 1. The highest BCUT2D eigenvalue weighted by atomic mass is 79.9. The molecule has 1 aromatic rings. The predicted octanol–water partition coefficient (Wildman–Crippen LogP) is 4.29.